The van der Waals surface area contributed by atoms with E-state index in [4.69, 9.17) is 4.74 Å². The monoisotopic (exact) mass is 350 g/mol. The van der Waals surface area contributed by atoms with Crippen molar-refractivity contribution < 1.29 is 14.6 Å². The second kappa shape index (κ2) is 10.8. The minimum Gasteiger partial charge on any atom is -0.481 e. The van der Waals surface area contributed by atoms with Gasteiger partial charge < -0.3 is 9.84 Å². The molecule has 0 aliphatic heterocycles. The molecule has 25 heavy (non-hydrogen) atoms. The highest BCUT2D eigenvalue weighted by atomic mass is 16.5. The largest absolute Gasteiger partial charge is 0.481 e. The lowest BCUT2D eigenvalue weighted by molar-refractivity contribution is -0.150. The number of carboxylic acids is 1. The molecule has 0 aromatic rings. The van der Waals surface area contributed by atoms with E-state index < -0.39 is 11.4 Å². The summed E-state index contributed by atoms with van der Waals surface area (Å²) < 4.78 is 5.33. The van der Waals surface area contributed by atoms with Crippen molar-refractivity contribution in [2.24, 2.45) is 17.3 Å². The summed E-state index contributed by atoms with van der Waals surface area (Å²) in [5.41, 5.74) is 1.77. The van der Waals surface area contributed by atoms with Crippen LogP contribution in [-0.2, 0) is 9.53 Å². The van der Waals surface area contributed by atoms with E-state index in [0.717, 1.165) is 44.9 Å². The van der Waals surface area contributed by atoms with Crippen molar-refractivity contribution in [3.05, 3.63) is 23.3 Å². The van der Waals surface area contributed by atoms with Crippen molar-refractivity contribution in [2.75, 3.05) is 13.7 Å². The van der Waals surface area contributed by atoms with Gasteiger partial charge >= 0.3 is 5.97 Å². The van der Waals surface area contributed by atoms with Crippen LogP contribution in [0.5, 0.6) is 0 Å². The van der Waals surface area contributed by atoms with E-state index in [0.29, 0.717) is 18.9 Å². The Kier molecular flexibility index (Phi) is 9.48. The highest BCUT2D eigenvalue weighted by Crippen LogP contribution is 2.48. The third-order valence-corrected chi connectivity index (χ3v) is 5.28. The first-order valence-electron chi connectivity index (χ1n) is 10.1. The fourth-order valence-electron chi connectivity index (χ4n) is 4.15. The van der Waals surface area contributed by atoms with Crippen molar-refractivity contribution in [1.29, 1.82) is 0 Å². The molecule has 3 heteroatoms. The van der Waals surface area contributed by atoms with E-state index in [9.17, 15) is 9.90 Å². The molecular weight excluding hydrogens is 312 g/mol. The van der Waals surface area contributed by atoms with Crippen LogP contribution in [0, 0.1) is 17.3 Å². The average molecular weight is 351 g/mol. The van der Waals surface area contributed by atoms with E-state index in [2.05, 4.69) is 39.8 Å². The Morgan fingerprint density at radius 2 is 1.88 bits per heavy atom. The molecule has 1 N–H and O–H groups in total. The first-order valence-corrected chi connectivity index (χ1v) is 10.1. The first kappa shape index (κ1) is 22.0. The van der Waals surface area contributed by atoms with Crippen LogP contribution in [0.1, 0.15) is 79.1 Å². The maximum absolute atomic E-state index is 12.5. The SMILES string of the molecule is CCCCC1=CC(CC(C)C)(C(=O)O)C(CCOC)C(CCCC)=C1. The molecule has 0 heterocycles. The summed E-state index contributed by atoms with van der Waals surface area (Å²) in [7, 11) is 1.70. The summed E-state index contributed by atoms with van der Waals surface area (Å²) in [6.07, 6.45) is 12.4. The Morgan fingerprint density at radius 1 is 1.24 bits per heavy atom. The molecule has 0 aromatic carbocycles. The zero-order chi connectivity index (χ0) is 18.9. The second-order valence-electron chi connectivity index (χ2n) is 7.92. The molecule has 3 nitrogen and oxygen atoms in total. The molecule has 1 rings (SSSR count). The molecule has 2 atom stereocenters. The van der Waals surface area contributed by atoms with E-state index in [-0.39, 0.29) is 5.92 Å². The number of aliphatic carboxylic acids is 1. The van der Waals surface area contributed by atoms with Crippen LogP contribution >= 0.6 is 0 Å². The van der Waals surface area contributed by atoms with E-state index in [1.54, 1.807) is 7.11 Å². The predicted molar refractivity (Wildman–Crippen MR) is 105 cm³/mol. The summed E-state index contributed by atoms with van der Waals surface area (Å²) in [5.74, 6) is -0.280. The van der Waals surface area contributed by atoms with Gasteiger partial charge in [-0.25, -0.2) is 0 Å². The molecule has 0 fully saturated rings. The topological polar surface area (TPSA) is 46.5 Å². The van der Waals surface area contributed by atoms with Crippen LogP contribution in [0.4, 0.5) is 0 Å². The summed E-state index contributed by atoms with van der Waals surface area (Å²) >= 11 is 0. The van der Waals surface area contributed by atoms with Gasteiger partial charge in [0.2, 0.25) is 0 Å². The number of unbranched alkanes of at least 4 members (excludes halogenated alkanes) is 2. The summed E-state index contributed by atoms with van der Waals surface area (Å²) in [6.45, 7) is 9.24. The van der Waals surface area contributed by atoms with Gasteiger partial charge in [-0.15, -0.1) is 0 Å². The fourth-order valence-corrected chi connectivity index (χ4v) is 4.15. The van der Waals surface area contributed by atoms with Gasteiger partial charge in [-0.2, -0.15) is 0 Å². The standard InChI is InChI=1S/C22H38O3/c1-6-8-10-18-14-19(11-9-7-2)20(12-13-25-5)22(16-18,21(23)24)15-17(3)4/h14,16-17,20H,6-13,15H2,1-5H3,(H,23,24). The molecule has 0 spiro atoms. The second-order valence-corrected chi connectivity index (χ2v) is 7.92. The van der Waals surface area contributed by atoms with Gasteiger partial charge in [0.1, 0.15) is 0 Å². The number of carbonyl (C=O) groups is 1. The molecular formula is C22H38O3. The Bertz CT molecular complexity index is 476. The zero-order valence-electron chi connectivity index (χ0n) is 16.9. The molecule has 0 saturated carbocycles. The van der Waals surface area contributed by atoms with Crippen molar-refractivity contribution in [3.8, 4) is 0 Å². The minimum absolute atomic E-state index is 0.0456. The molecule has 0 aromatic heterocycles. The molecule has 2 unspecified atom stereocenters. The number of rotatable bonds is 12. The van der Waals surface area contributed by atoms with Crippen LogP contribution in [0.25, 0.3) is 0 Å². The lowest BCUT2D eigenvalue weighted by Crippen LogP contribution is -2.41. The number of hydrogen-bond acceptors (Lipinski definition) is 2. The van der Waals surface area contributed by atoms with Crippen LogP contribution in [0.3, 0.4) is 0 Å². The van der Waals surface area contributed by atoms with Crippen molar-refractivity contribution in [1.82, 2.24) is 0 Å². The third-order valence-electron chi connectivity index (χ3n) is 5.28. The van der Waals surface area contributed by atoms with Crippen molar-refractivity contribution in [2.45, 2.75) is 79.1 Å². The molecule has 1 aliphatic carbocycles. The minimum atomic E-state index is -0.784. The molecule has 1 aliphatic rings. The predicted octanol–water partition coefficient (Wildman–Crippen LogP) is 6.00. The van der Waals surface area contributed by atoms with Crippen molar-refractivity contribution >= 4 is 5.97 Å². The fraction of sp³-hybridized carbons (Fsp3) is 0.773. The normalized spacial score (nSPS) is 23.5. The molecule has 0 bridgehead atoms. The Labute approximate surface area is 154 Å². The molecule has 0 radical (unpaired) electrons. The lowest BCUT2D eigenvalue weighted by Gasteiger charge is -2.41. The number of hydrogen-bond donors (Lipinski definition) is 1. The summed E-state index contributed by atoms with van der Waals surface area (Å²) in [5, 5.41) is 10.3. The maximum Gasteiger partial charge on any atom is 0.314 e. The number of ether oxygens (including phenoxy) is 1. The Balaban J connectivity index is 3.33. The van der Waals surface area contributed by atoms with E-state index in [1.165, 1.54) is 11.1 Å². The lowest BCUT2D eigenvalue weighted by atomic mass is 9.62. The quantitative estimate of drug-likeness (QED) is 0.469. The number of carboxylic acid groups (broad SMARTS) is 1. The van der Waals surface area contributed by atoms with Gasteiger partial charge in [-0.1, -0.05) is 63.8 Å². The van der Waals surface area contributed by atoms with Gasteiger partial charge in [-0.05, 0) is 44.4 Å². The maximum atomic E-state index is 12.5. The average Bonchev–Trinajstić information content (AvgIpc) is 2.56. The molecule has 0 amide bonds. The van der Waals surface area contributed by atoms with Crippen LogP contribution in [0.15, 0.2) is 23.3 Å². The van der Waals surface area contributed by atoms with Gasteiger partial charge in [0.05, 0.1) is 5.41 Å². The third kappa shape index (κ3) is 5.99. The molecule has 144 valence electrons. The van der Waals surface area contributed by atoms with E-state index in [1.807, 2.05) is 0 Å². The highest BCUT2D eigenvalue weighted by Gasteiger charge is 2.47. The summed E-state index contributed by atoms with van der Waals surface area (Å²) in [6, 6.07) is 0. The van der Waals surface area contributed by atoms with Gasteiger partial charge in [0, 0.05) is 19.6 Å². The van der Waals surface area contributed by atoms with Gasteiger partial charge in [0.15, 0.2) is 0 Å². The smallest absolute Gasteiger partial charge is 0.314 e. The van der Waals surface area contributed by atoms with Crippen LogP contribution in [-0.4, -0.2) is 24.8 Å². The van der Waals surface area contributed by atoms with Gasteiger partial charge in [0.25, 0.3) is 0 Å². The van der Waals surface area contributed by atoms with Crippen LogP contribution < -0.4 is 0 Å². The molecule has 0 saturated heterocycles. The van der Waals surface area contributed by atoms with E-state index >= 15 is 0 Å². The Morgan fingerprint density at radius 3 is 2.40 bits per heavy atom. The zero-order valence-corrected chi connectivity index (χ0v) is 16.9. The van der Waals surface area contributed by atoms with Crippen molar-refractivity contribution in [3.63, 3.8) is 0 Å². The van der Waals surface area contributed by atoms with Crippen LogP contribution in [0.2, 0.25) is 0 Å². The summed E-state index contributed by atoms with van der Waals surface area (Å²) in [4.78, 5) is 12.5. The van der Waals surface area contributed by atoms with Gasteiger partial charge in [-0.3, -0.25) is 4.79 Å². The first-order chi connectivity index (χ1) is 11.9. The Hall–Kier alpha value is -1.09. The number of methoxy groups -OCH3 is 1. The number of allylic oxidation sites excluding steroid dienone is 3. The highest BCUT2D eigenvalue weighted by molar-refractivity contribution is 5.79.